The van der Waals surface area contributed by atoms with Crippen LogP contribution in [-0.4, -0.2) is 32.8 Å². The van der Waals surface area contributed by atoms with Gasteiger partial charge in [-0.1, -0.05) is 6.92 Å². The lowest BCUT2D eigenvalue weighted by Crippen LogP contribution is -2.46. The first-order valence-electron chi connectivity index (χ1n) is 6.47. The Morgan fingerprint density at radius 1 is 1.48 bits per heavy atom. The largest absolute Gasteiger partial charge is 0.495 e. The summed E-state index contributed by atoms with van der Waals surface area (Å²) in [6.45, 7) is 3.49. The molecule has 6 nitrogen and oxygen atoms in total. The van der Waals surface area contributed by atoms with Crippen molar-refractivity contribution in [2.75, 3.05) is 19.5 Å². The number of benzene rings is 1. The van der Waals surface area contributed by atoms with Crippen LogP contribution in [0.1, 0.15) is 26.7 Å². The van der Waals surface area contributed by atoms with Crippen molar-refractivity contribution in [2.45, 2.75) is 37.1 Å². The highest BCUT2D eigenvalue weighted by Gasteiger charge is 2.31. The Morgan fingerprint density at radius 2 is 2.10 bits per heavy atom. The molecule has 21 heavy (non-hydrogen) atoms. The number of aliphatic hydroxyl groups is 1. The van der Waals surface area contributed by atoms with Gasteiger partial charge in [-0.3, -0.25) is 0 Å². The van der Waals surface area contributed by atoms with Gasteiger partial charge in [0.05, 0.1) is 7.11 Å². The van der Waals surface area contributed by atoms with E-state index in [1.807, 2.05) is 6.92 Å². The number of rotatable bonds is 7. The Kier molecular flexibility index (Phi) is 6.03. The highest BCUT2D eigenvalue weighted by Crippen LogP contribution is 2.33. The van der Waals surface area contributed by atoms with Crippen LogP contribution in [0.5, 0.6) is 5.75 Å². The molecule has 1 unspecified atom stereocenters. The number of nitrogen functional groups attached to an aromatic ring is 1. The molecule has 0 aromatic heterocycles. The third kappa shape index (κ3) is 4.32. The average Bonchev–Trinajstić information content (AvgIpc) is 2.40. The van der Waals surface area contributed by atoms with Crippen LogP contribution in [0.2, 0.25) is 0 Å². The molecule has 4 N–H and O–H groups in total. The van der Waals surface area contributed by atoms with Gasteiger partial charge in [0.15, 0.2) is 0 Å². The first-order valence-corrected chi connectivity index (χ1v) is 8.74. The normalized spacial score (nSPS) is 14.7. The van der Waals surface area contributed by atoms with E-state index in [1.54, 1.807) is 6.92 Å². The molecule has 0 aliphatic carbocycles. The zero-order valence-electron chi connectivity index (χ0n) is 12.3. The highest BCUT2D eigenvalue weighted by atomic mass is 79.9. The van der Waals surface area contributed by atoms with Crippen LogP contribution >= 0.6 is 15.9 Å². The summed E-state index contributed by atoms with van der Waals surface area (Å²) in [5, 5.41) is 9.10. The van der Waals surface area contributed by atoms with Crippen molar-refractivity contribution < 1.29 is 18.3 Å². The Hall–Kier alpha value is -0.830. The Bertz CT molecular complexity index is 606. The van der Waals surface area contributed by atoms with Gasteiger partial charge in [-0.2, -0.15) is 0 Å². The minimum Gasteiger partial charge on any atom is -0.495 e. The molecule has 8 heteroatoms. The molecule has 0 radical (unpaired) electrons. The van der Waals surface area contributed by atoms with Crippen LogP contribution in [-0.2, 0) is 10.0 Å². The third-order valence-corrected chi connectivity index (χ3v) is 5.74. The molecule has 0 heterocycles. The van der Waals surface area contributed by atoms with Gasteiger partial charge in [0, 0.05) is 22.3 Å². The first kappa shape index (κ1) is 18.2. The van der Waals surface area contributed by atoms with E-state index < -0.39 is 15.6 Å². The molecule has 0 saturated heterocycles. The van der Waals surface area contributed by atoms with Crippen LogP contribution in [0.3, 0.4) is 0 Å². The van der Waals surface area contributed by atoms with Crippen molar-refractivity contribution in [2.24, 2.45) is 0 Å². The maximum Gasteiger partial charge on any atom is 0.244 e. The quantitative estimate of drug-likeness (QED) is 0.626. The summed E-state index contributed by atoms with van der Waals surface area (Å²) in [4.78, 5) is -0.0247. The van der Waals surface area contributed by atoms with Gasteiger partial charge in [-0.05, 0) is 47.8 Å². The number of methoxy groups -OCH3 is 1. The summed E-state index contributed by atoms with van der Waals surface area (Å²) < 4.78 is 33.5. The Balaban J connectivity index is 3.28. The van der Waals surface area contributed by atoms with Crippen molar-refractivity contribution in [3.8, 4) is 5.75 Å². The lowest BCUT2D eigenvalue weighted by Gasteiger charge is -2.29. The van der Waals surface area contributed by atoms with Gasteiger partial charge in [-0.15, -0.1) is 0 Å². The highest BCUT2D eigenvalue weighted by molar-refractivity contribution is 9.10. The molecule has 1 atom stereocenters. The average molecular weight is 381 g/mol. The van der Waals surface area contributed by atoms with E-state index >= 15 is 0 Å². The van der Waals surface area contributed by atoms with Gasteiger partial charge in [0.25, 0.3) is 0 Å². The first-order chi connectivity index (χ1) is 9.69. The van der Waals surface area contributed by atoms with E-state index in [4.69, 9.17) is 15.6 Å². The number of ether oxygens (including phenoxy) is 1. The van der Waals surface area contributed by atoms with Gasteiger partial charge < -0.3 is 15.6 Å². The van der Waals surface area contributed by atoms with Gasteiger partial charge >= 0.3 is 0 Å². The number of nitrogens with one attached hydrogen (secondary N) is 1. The van der Waals surface area contributed by atoms with Crippen LogP contribution < -0.4 is 15.2 Å². The summed E-state index contributed by atoms with van der Waals surface area (Å²) in [7, 11) is -2.43. The van der Waals surface area contributed by atoms with E-state index in [9.17, 15) is 8.42 Å². The number of nitrogens with two attached hydrogens (primary N) is 1. The second-order valence-electron chi connectivity index (χ2n) is 5.02. The van der Waals surface area contributed by atoms with Crippen LogP contribution in [0.15, 0.2) is 21.5 Å². The molecule has 1 aromatic carbocycles. The second kappa shape index (κ2) is 6.95. The molecule has 0 amide bonds. The van der Waals surface area contributed by atoms with Crippen LogP contribution in [0, 0.1) is 0 Å². The number of halogens is 1. The van der Waals surface area contributed by atoms with E-state index in [0.717, 1.165) is 0 Å². The molecular formula is C13H21BrN2O4S. The molecule has 0 aliphatic rings. The van der Waals surface area contributed by atoms with Crippen molar-refractivity contribution in [3.63, 3.8) is 0 Å². The summed E-state index contributed by atoms with van der Waals surface area (Å²) >= 11 is 3.23. The fourth-order valence-corrected chi connectivity index (χ4v) is 3.86. The fraction of sp³-hybridized carbons (Fsp3) is 0.538. The lowest BCUT2D eigenvalue weighted by atomic mass is 9.97. The molecule has 120 valence electrons. The van der Waals surface area contributed by atoms with E-state index in [-0.39, 0.29) is 17.3 Å². The van der Waals surface area contributed by atoms with Crippen LogP contribution in [0.25, 0.3) is 0 Å². The van der Waals surface area contributed by atoms with Crippen molar-refractivity contribution in [1.82, 2.24) is 4.72 Å². The number of hydrogen-bond acceptors (Lipinski definition) is 5. The zero-order chi connectivity index (χ0) is 16.3. The maximum absolute atomic E-state index is 12.6. The topological polar surface area (TPSA) is 102 Å². The minimum absolute atomic E-state index is 0.0247. The standard InChI is InChI=1S/C13H21BrN2O4S/c1-4-13(2,5-6-17)16-21(18,19)12-8-10(15)9(14)7-11(12)20-3/h7-8,16-17H,4-6,15H2,1-3H3. The number of sulfonamides is 1. The SMILES string of the molecule is CCC(C)(CCO)NS(=O)(=O)c1cc(N)c(Br)cc1OC. The number of hydrogen-bond donors (Lipinski definition) is 3. The predicted octanol–water partition coefficient (Wildman–Crippen LogP) is 1.87. The number of aliphatic hydroxyl groups excluding tert-OH is 1. The predicted molar refractivity (Wildman–Crippen MR) is 85.8 cm³/mol. The summed E-state index contributed by atoms with van der Waals surface area (Å²) in [5.41, 5.74) is 5.33. The monoisotopic (exact) mass is 380 g/mol. The molecule has 0 saturated carbocycles. The Morgan fingerprint density at radius 3 is 2.57 bits per heavy atom. The molecule has 0 bridgehead atoms. The molecule has 0 fully saturated rings. The lowest BCUT2D eigenvalue weighted by molar-refractivity contribution is 0.233. The smallest absolute Gasteiger partial charge is 0.244 e. The van der Waals surface area contributed by atoms with E-state index in [2.05, 4.69) is 20.7 Å². The van der Waals surface area contributed by atoms with Gasteiger partial charge in [-0.25, -0.2) is 13.1 Å². The van der Waals surface area contributed by atoms with Gasteiger partial charge in [0.2, 0.25) is 10.0 Å². The molecule has 1 aromatic rings. The summed E-state index contributed by atoms with van der Waals surface area (Å²) in [6.07, 6.45) is 0.859. The molecular weight excluding hydrogens is 360 g/mol. The second-order valence-corrected chi connectivity index (χ2v) is 7.52. The maximum atomic E-state index is 12.6. The van der Waals surface area contributed by atoms with E-state index in [0.29, 0.717) is 23.0 Å². The molecule has 0 aliphatic heterocycles. The van der Waals surface area contributed by atoms with Crippen LogP contribution in [0.4, 0.5) is 5.69 Å². The fourth-order valence-electron chi connectivity index (χ4n) is 1.85. The summed E-state index contributed by atoms with van der Waals surface area (Å²) in [5.74, 6) is 0.200. The molecule has 0 spiro atoms. The molecule has 1 rings (SSSR count). The minimum atomic E-state index is -3.82. The Labute approximate surface area is 133 Å². The third-order valence-electron chi connectivity index (χ3n) is 3.40. The van der Waals surface area contributed by atoms with Crippen molar-refractivity contribution in [1.29, 1.82) is 0 Å². The van der Waals surface area contributed by atoms with E-state index in [1.165, 1.54) is 19.2 Å². The van der Waals surface area contributed by atoms with Gasteiger partial charge in [0.1, 0.15) is 10.6 Å². The summed E-state index contributed by atoms with van der Waals surface area (Å²) in [6, 6.07) is 2.86. The van der Waals surface area contributed by atoms with Crippen molar-refractivity contribution >= 4 is 31.6 Å². The zero-order valence-corrected chi connectivity index (χ0v) is 14.7. The van der Waals surface area contributed by atoms with Crippen molar-refractivity contribution in [3.05, 3.63) is 16.6 Å². The number of anilines is 1.